The van der Waals surface area contributed by atoms with Crippen LogP contribution in [0.1, 0.15) is 18.4 Å². The van der Waals surface area contributed by atoms with Crippen molar-refractivity contribution in [3.05, 3.63) is 35.9 Å². The van der Waals surface area contributed by atoms with Crippen LogP contribution in [0.3, 0.4) is 0 Å². The number of hydrogen-bond donors (Lipinski definition) is 1. The van der Waals surface area contributed by atoms with Gasteiger partial charge in [-0.25, -0.2) is 13.6 Å². The minimum absolute atomic E-state index is 0.0724. The van der Waals surface area contributed by atoms with E-state index < -0.39 is 10.0 Å². The Morgan fingerprint density at radius 2 is 1.82 bits per heavy atom. The molecule has 17 heavy (non-hydrogen) atoms. The Labute approximate surface area is 100 Å². The molecule has 2 N–H and O–H groups in total. The van der Waals surface area contributed by atoms with Gasteiger partial charge in [0.2, 0.25) is 10.0 Å². The molecule has 0 amide bonds. The van der Waals surface area contributed by atoms with E-state index in [9.17, 15) is 13.2 Å². The van der Waals surface area contributed by atoms with E-state index in [1.807, 2.05) is 0 Å². The average Bonchev–Trinajstić information content (AvgIpc) is 3.09. The minimum atomic E-state index is -3.65. The molecule has 1 aliphatic rings. The van der Waals surface area contributed by atoms with Gasteiger partial charge < -0.3 is 0 Å². The first kappa shape index (κ1) is 12.0. The average molecular weight is 251 g/mol. The maximum atomic E-state index is 11.4. The summed E-state index contributed by atoms with van der Waals surface area (Å²) in [6.07, 6.45) is 5.19. The zero-order chi connectivity index (χ0) is 12.5. The van der Waals surface area contributed by atoms with Crippen molar-refractivity contribution in [3.8, 4) is 0 Å². The third-order valence-electron chi connectivity index (χ3n) is 2.63. The molecule has 1 saturated carbocycles. The van der Waals surface area contributed by atoms with Crippen molar-refractivity contribution in [3.63, 3.8) is 0 Å². The number of hydrogen-bond acceptors (Lipinski definition) is 3. The number of rotatable bonds is 4. The van der Waals surface area contributed by atoms with Crippen molar-refractivity contribution < 1.29 is 13.2 Å². The lowest BCUT2D eigenvalue weighted by molar-refractivity contribution is -0.115. The summed E-state index contributed by atoms with van der Waals surface area (Å²) >= 11 is 0. The number of carbonyl (C=O) groups is 1. The molecular weight excluding hydrogens is 238 g/mol. The maximum Gasteiger partial charge on any atom is 0.238 e. The third-order valence-corrected chi connectivity index (χ3v) is 3.56. The Morgan fingerprint density at radius 3 is 2.29 bits per heavy atom. The van der Waals surface area contributed by atoms with Crippen molar-refractivity contribution in [1.82, 2.24) is 0 Å². The summed E-state index contributed by atoms with van der Waals surface area (Å²) in [5.74, 6) is 0.343. The fourth-order valence-corrected chi connectivity index (χ4v) is 1.97. The second-order valence-electron chi connectivity index (χ2n) is 4.12. The summed E-state index contributed by atoms with van der Waals surface area (Å²) in [5.41, 5.74) is 0.784. The third kappa shape index (κ3) is 3.25. The minimum Gasteiger partial charge on any atom is -0.295 e. The van der Waals surface area contributed by atoms with Gasteiger partial charge in [-0.05, 0) is 36.6 Å². The molecule has 1 aliphatic carbocycles. The van der Waals surface area contributed by atoms with Crippen molar-refractivity contribution in [2.75, 3.05) is 0 Å². The highest BCUT2D eigenvalue weighted by molar-refractivity contribution is 7.89. The predicted molar refractivity (Wildman–Crippen MR) is 64.6 cm³/mol. The molecule has 2 rings (SSSR count). The molecule has 1 aromatic rings. The second kappa shape index (κ2) is 4.43. The normalized spacial score (nSPS) is 16.3. The zero-order valence-electron chi connectivity index (χ0n) is 9.17. The Morgan fingerprint density at radius 1 is 1.24 bits per heavy atom. The van der Waals surface area contributed by atoms with Crippen LogP contribution in [0.2, 0.25) is 0 Å². The van der Waals surface area contributed by atoms with Gasteiger partial charge in [0.1, 0.15) is 0 Å². The number of ketones is 1. The SMILES string of the molecule is NS(=O)(=O)c1ccc(C=CC(=O)C2CC2)cc1. The summed E-state index contributed by atoms with van der Waals surface area (Å²) in [4.78, 5) is 11.5. The molecule has 90 valence electrons. The summed E-state index contributed by atoms with van der Waals surface area (Å²) in [7, 11) is -3.65. The van der Waals surface area contributed by atoms with Gasteiger partial charge in [-0.3, -0.25) is 4.79 Å². The molecule has 0 unspecified atom stereocenters. The van der Waals surface area contributed by atoms with E-state index in [2.05, 4.69) is 0 Å². The van der Waals surface area contributed by atoms with Crippen molar-refractivity contribution in [1.29, 1.82) is 0 Å². The molecule has 0 spiro atoms. The van der Waals surface area contributed by atoms with Crippen LogP contribution in [0.5, 0.6) is 0 Å². The molecule has 0 aromatic heterocycles. The van der Waals surface area contributed by atoms with Crippen molar-refractivity contribution in [2.24, 2.45) is 11.1 Å². The van der Waals surface area contributed by atoms with Crippen LogP contribution in [0.4, 0.5) is 0 Å². The van der Waals surface area contributed by atoms with Gasteiger partial charge in [-0.1, -0.05) is 18.2 Å². The van der Waals surface area contributed by atoms with Crippen LogP contribution in [0, 0.1) is 5.92 Å². The predicted octanol–water partition coefficient (Wildman–Crippen LogP) is 1.33. The Balaban J connectivity index is 2.10. The summed E-state index contributed by atoms with van der Waals surface area (Å²) in [6, 6.07) is 6.10. The summed E-state index contributed by atoms with van der Waals surface area (Å²) < 4.78 is 22.0. The molecule has 0 radical (unpaired) electrons. The first-order valence-corrected chi connectivity index (χ1v) is 6.86. The lowest BCUT2D eigenvalue weighted by Crippen LogP contribution is -2.11. The molecule has 0 bridgehead atoms. The Hall–Kier alpha value is -1.46. The van der Waals surface area contributed by atoms with E-state index in [0.717, 1.165) is 18.4 Å². The number of allylic oxidation sites excluding steroid dienone is 1. The largest absolute Gasteiger partial charge is 0.295 e. The van der Waals surface area contributed by atoms with Crippen molar-refractivity contribution in [2.45, 2.75) is 17.7 Å². The smallest absolute Gasteiger partial charge is 0.238 e. The van der Waals surface area contributed by atoms with Crippen LogP contribution in [-0.4, -0.2) is 14.2 Å². The van der Waals surface area contributed by atoms with Gasteiger partial charge in [0, 0.05) is 5.92 Å². The molecule has 0 atom stereocenters. The monoisotopic (exact) mass is 251 g/mol. The maximum absolute atomic E-state index is 11.4. The van der Waals surface area contributed by atoms with E-state index in [1.165, 1.54) is 12.1 Å². The molecule has 0 heterocycles. The quantitative estimate of drug-likeness (QED) is 0.820. The first-order chi connectivity index (χ1) is 7.97. The van der Waals surface area contributed by atoms with E-state index in [1.54, 1.807) is 24.3 Å². The lowest BCUT2D eigenvalue weighted by Gasteiger charge is -1.98. The molecule has 0 saturated heterocycles. The molecule has 5 heteroatoms. The van der Waals surface area contributed by atoms with Crippen molar-refractivity contribution >= 4 is 21.9 Å². The molecule has 1 fully saturated rings. The second-order valence-corrected chi connectivity index (χ2v) is 5.69. The summed E-state index contributed by atoms with van der Waals surface area (Å²) in [5, 5.41) is 4.98. The molecular formula is C12H13NO3S. The van der Waals surface area contributed by atoms with Gasteiger partial charge in [-0.2, -0.15) is 0 Å². The highest BCUT2D eigenvalue weighted by Gasteiger charge is 2.27. The molecule has 0 aliphatic heterocycles. The fraction of sp³-hybridized carbons (Fsp3) is 0.250. The topological polar surface area (TPSA) is 77.2 Å². The highest BCUT2D eigenvalue weighted by Crippen LogP contribution is 2.30. The standard InChI is InChI=1S/C12H13NO3S/c13-17(15,16)11-6-1-9(2-7-11)3-8-12(14)10-4-5-10/h1-3,6-8,10H,4-5H2,(H2,13,15,16). The molecule has 1 aromatic carbocycles. The van der Waals surface area contributed by atoms with Crippen LogP contribution in [-0.2, 0) is 14.8 Å². The van der Waals surface area contributed by atoms with E-state index in [4.69, 9.17) is 5.14 Å². The van der Waals surface area contributed by atoms with Gasteiger partial charge in [-0.15, -0.1) is 0 Å². The number of sulfonamides is 1. The van der Waals surface area contributed by atoms with Gasteiger partial charge in [0.15, 0.2) is 5.78 Å². The number of primary sulfonamides is 1. The van der Waals surface area contributed by atoms with Crippen LogP contribution >= 0.6 is 0 Å². The Bertz CT molecular complexity index is 554. The number of benzene rings is 1. The van der Waals surface area contributed by atoms with E-state index in [0.29, 0.717) is 0 Å². The van der Waals surface area contributed by atoms with E-state index >= 15 is 0 Å². The van der Waals surface area contributed by atoms with Crippen LogP contribution in [0.15, 0.2) is 35.2 Å². The lowest BCUT2D eigenvalue weighted by atomic mass is 10.1. The van der Waals surface area contributed by atoms with Gasteiger partial charge in [0.05, 0.1) is 4.90 Å². The highest BCUT2D eigenvalue weighted by atomic mass is 32.2. The number of nitrogens with two attached hydrogens (primary N) is 1. The fourth-order valence-electron chi connectivity index (χ4n) is 1.45. The zero-order valence-corrected chi connectivity index (χ0v) is 9.98. The van der Waals surface area contributed by atoms with E-state index in [-0.39, 0.29) is 16.6 Å². The van der Waals surface area contributed by atoms with Gasteiger partial charge >= 0.3 is 0 Å². The number of carbonyl (C=O) groups excluding carboxylic acids is 1. The van der Waals surface area contributed by atoms with Crippen LogP contribution < -0.4 is 5.14 Å². The summed E-state index contributed by atoms with van der Waals surface area (Å²) in [6.45, 7) is 0. The molecule has 4 nitrogen and oxygen atoms in total. The van der Waals surface area contributed by atoms with Gasteiger partial charge in [0.25, 0.3) is 0 Å². The Kier molecular flexibility index (Phi) is 3.13. The van der Waals surface area contributed by atoms with Crippen LogP contribution in [0.25, 0.3) is 6.08 Å². The first-order valence-electron chi connectivity index (χ1n) is 5.31.